The number of carbonyl (C=O) groups is 1. The van der Waals surface area contributed by atoms with E-state index in [0.717, 1.165) is 37.2 Å². The van der Waals surface area contributed by atoms with Crippen LogP contribution in [0, 0.1) is 0 Å². The summed E-state index contributed by atoms with van der Waals surface area (Å²) in [6.07, 6.45) is 3.86. The molecule has 39 heavy (non-hydrogen) atoms. The number of aryl methyl sites for hydroxylation is 1. The minimum absolute atomic E-state index is 0.00912. The van der Waals surface area contributed by atoms with Crippen LogP contribution in [0.15, 0.2) is 72.8 Å². The van der Waals surface area contributed by atoms with Gasteiger partial charge in [-0.1, -0.05) is 48.5 Å². The molecule has 0 bridgehead atoms. The Morgan fingerprint density at radius 1 is 0.872 bits per heavy atom. The molecule has 3 aromatic rings. The van der Waals surface area contributed by atoms with Crippen LogP contribution in [0.5, 0.6) is 11.5 Å². The highest BCUT2D eigenvalue weighted by atomic mass is 16.6. The van der Waals surface area contributed by atoms with Crippen LogP contribution < -0.4 is 9.47 Å². The van der Waals surface area contributed by atoms with Crippen molar-refractivity contribution in [2.45, 2.75) is 83.0 Å². The van der Waals surface area contributed by atoms with Crippen LogP contribution in [0.4, 0.5) is 0 Å². The fraction of sp³-hybridized carbons (Fsp3) is 0.441. The van der Waals surface area contributed by atoms with Gasteiger partial charge in [-0.25, -0.2) is 4.79 Å². The summed E-state index contributed by atoms with van der Waals surface area (Å²) in [4.78, 5) is 11.5. The van der Waals surface area contributed by atoms with Crippen molar-refractivity contribution in [3.63, 3.8) is 0 Å². The van der Waals surface area contributed by atoms with E-state index in [0.29, 0.717) is 12.5 Å². The van der Waals surface area contributed by atoms with Crippen molar-refractivity contribution in [3.05, 3.63) is 95.1 Å². The van der Waals surface area contributed by atoms with Gasteiger partial charge in [0.1, 0.15) is 29.8 Å². The van der Waals surface area contributed by atoms with Gasteiger partial charge in [-0.05, 0) is 93.0 Å². The molecule has 5 rings (SSSR count). The molecule has 3 aromatic carbocycles. The van der Waals surface area contributed by atoms with Gasteiger partial charge in [-0.3, -0.25) is 0 Å². The highest BCUT2D eigenvalue weighted by Crippen LogP contribution is 2.47. The fourth-order valence-corrected chi connectivity index (χ4v) is 5.77. The first-order valence-corrected chi connectivity index (χ1v) is 14.2. The molecule has 206 valence electrons. The topological polar surface area (TPSA) is 54.0 Å². The molecule has 0 unspecified atom stereocenters. The first-order chi connectivity index (χ1) is 18.8. The van der Waals surface area contributed by atoms with E-state index < -0.39 is 0 Å². The number of ether oxygens (including phenoxy) is 4. The smallest absolute Gasteiger partial charge is 0.332 e. The Kier molecular flexibility index (Phi) is 8.27. The molecule has 2 atom stereocenters. The predicted octanol–water partition coefficient (Wildman–Crippen LogP) is 7.22. The Morgan fingerprint density at radius 3 is 2.28 bits per heavy atom. The van der Waals surface area contributed by atoms with E-state index in [4.69, 9.17) is 18.9 Å². The van der Waals surface area contributed by atoms with Gasteiger partial charge in [0.25, 0.3) is 0 Å². The lowest BCUT2D eigenvalue weighted by Gasteiger charge is -2.36. The molecular weight excluding hydrogens is 488 g/mol. The number of hydrogen-bond acceptors (Lipinski definition) is 5. The highest BCUT2D eigenvalue weighted by Gasteiger charge is 2.34. The van der Waals surface area contributed by atoms with Crippen LogP contribution in [-0.2, 0) is 20.7 Å². The van der Waals surface area contributed by atoms with Crippen LogP contribution in [0.25, 0.3) is 0 Å². The summed E-state index contributed by atoms with van der Waals surface area (Å²) in [6, 6.07) is 26.1. The van der Waals surface area contributed by atoms with Gasteiger partial charge in [0.15, 0.2) is 0 Å². The maximum Gasteiger partial charge on any atom is 0.332 e. The molecule has 0 spiro atoms. The summed E-state index contributed by atoms with van der Waals surface area (Å²) in [5, 5.41) is 0. The quantitative estimate of drug-likeness (QED) is 0.275. The minimum atomic E-state index is -0.312. The van der Waals surface area contributed by atoms with Crippen molar-refractivity contribution in [1.82, 2.24) is 0 Å². The second-order valence-corrected chi connectivity index (χ2v) is 11.6. The lowest BCUT2D eigenvalue weighted by molar-refractivity contribution is -0.154. The van der Waals surface area contributed by atoms with E-state index in [1.807, 2.05) is 0 Å². The fourth-order valence-electron chi connectivity index (χ4n) is 5.77. The maximum absolute atomic E-state index is 11.5. The van der Waals surface area contributed by atoms with E-state index in [-0.39, 0.29) is 36.3 Å². The lowest BCUT2D eigenvalue weighted by Crippen LogP contribution is -2.40. The molecule has 5 nitrogen and oxygen atoms in total. The zero-order chi connectivity index (χ0) is 27.4. The molecule has 0 saturated heterocycles. The van der Waals surface area contributed by atoms with E-state index >= 15 is 0 Å². The predicted molar refractivity (Wildman–Crippen MR) is 153 cm³/mol. The molecule has 5 heteroatoms. The van der Waals surface area contributed by atoms with Crippen molar-refractivity contribution >= 4 is 5.97 Å². The summed E-state index contributed by atoms with van der Waals surface area (Å²) in [6.45, 7) is 8.44. The zero-order valence-electron chi connectivity index (χ0n) is 23.5. The van der Waals surface area contributed by atoms with Crippen molar-refractivity contribution in [3.8, 4) is 11.5 Å². The Hall–Kier alpha value is -3.31. The normalized spacial score (nSPS) is 22.4. The molecule has 2 aliphatic carbocycles. The average molecular weight is 529 g/mol. The van der Waals surface area contributed by atoms with Gasteiger partial charge in [-0.15, -0.1) is 0 Å². The standard InChI is InChI=1S/C34H40O5/c1-5-36-32(35)22-37-28-20-29(21-28)38-26-14-11-24(12-15-26)33-30(23-9-7-6-8-10-23)17-13-25-19-27(16-18-31(25)33)39-34(2,3)4/h6-12,14-16,18-19,28-30,33H,5,13,17,20-22H2,1-4H3/t28?,29?,30-,33+/m1/s1. The Balaban J connectivity index is 1.30. The molecule has 2 aliphatic rings. The van der Waals surface area contributed by atoms with Crippen LogP contribution in [0.1, 0.15) is 81.0 Å². The molecule has 1 saturated carbocycles. The van der Waals surface area contributed by atoms with E-state index in [9.17, 15) is 4.79 Å². The molecule has 0 aliphatic heterocycles. The molecule has 0 aromatic heterocycles. The number of fused-ring (bicyclic) bond motifs is 1. The van der Waals surface area contributed by atoms with Crippen molar-refractivity contribution < 1.29 is 23.7 Å². The Morgan fingerprint density at radius 2 is 1.59 bits per heavy atom. The summed E-state index contributed by atoms with van der Waals surface area (Å²) < 4.78 is 22.9. The highest BCUT2D eigenvalue weighted by molar-refractivity contribution is 5.70. The number of hydrogen-bond donors (Lipinski definition) is 0. The van der Waals surface area contributed by atoms with Gasteiger partial charge < -0.3 is 18.9 Å². The first kappa shape index (κ1) is 27.3. The van der Waals surface area contributed by atoms with E-state index in [2.05, 4.69) is 93.6 Å². The van der Waals surface area contributed by atoms with Crippen molar-refractivity contribution in [2.24, 2.45) is 0 Å². The van der Waals surface area contributed by atoms with Crippen molar-refractivity contribution in [1.29, 1.82) is 0 Å². The molecular formula is C34H40O5. The van der Waals surface area contributed by atoms with E-state index in [1.54, 1.807) is 6.92 Å². The minimum Gasteiger partial charge on any atom is -0.490 e. The third-order valence-electron chi connectivity index (χ3n) is 7.56. The average Bonchev–Trinajstić information content (AvgIpc) is 2.89. The Labute approximate surface area is 232 Å². The molecule has 0 amide bonds. The largest absolute Gasteiger partial charge is 0.490 e. The SMILES string of the molecule is CCOC(=O)COC1CC(Oc2ccc([C@@H]3c4ccc(OC(C)(C)C)cc4CC[C@@H]3c3ccccc3)cc2)C1. The lowest BCUT2D eigenvalue weighted by atomic mass is 9.69. The van der Waals surface area contributed by atoms with Crippen LogP contribution in [-0.4, -0.2) is 37.0 Å². The molecule has 0 radical (unpaired) electrons. The van der Waals surface area contributed by atoms with Gasteiger partial charge in [0.2, 0.25) is 0 Å². The zero-order valence-corrected chi connectivity index (χ0v) is 23.5. The van der Waals surface area contributed by atoms with Crippen molar-refractivity contribution in [2.75, 3.05) is 13.2 Å². The summed E-state index contributed by atoms with van der Waals surface area (Å²) in [5.41, 5.74) is 5.21. The molecule has 0 N–H and O–H groups in total. The summed E-state index contributed by atoms with van der Waals surface area (Å²) in [7, 11) is 0. The summed E-state index contributed by atoms with van der Waals surface area (Å²) >= 11 is 0. The first-order valence-electron chi connectivity index (χ1n) is 14.2. The number of benzene rings is 3. The van der Waals surface area contributed by atoms with Gasteiger partial charge in [0, 0.05) is 18.8 Å². The number of rotatable bonds is 9. The maximum atomic E-state index is 11.5. The van der Waals surface area contributed by atoms with Crippen LogP contribution in [0.3, 0.4) is 0 Å². The third-order valence-corrected chi connectivity index (χ3v) is 7.56. The molecule has 1 fully saturated rings. The van der Waals surface area contributed by atoms with Gasteiger partial charge >= 0.3 is 5.97 Å². The molecule has 0 heterocycles. The summed E-state index contributed by atoms with van der Waals surface area (Å²) in [5.74, 6) is 2.16. The second-order valence-electron chi connectivity index (χ2n) is 11.6. The third kappa shape index (κ3) is 6.83. The number of esters is 1. The van der Waals surface area contributed by atoms with Crippen LogP contribution in [0.2, 0.25) is 0 Å². The van der Waals surface area contributed by atoms with Gasteiger partial charge in [-0.2, -0.15) is 0 Å². The second kappa shape index (κ2) is 11.8. The van der Waals surface area contributed by atoms with Crippen LogP contribution >= 0.6 is 0 Å². The number of carbonyl (C=O) groups excluding carboxylic acids is 1. The van der Waals surface area contributed by atoms with Gasteiger partial charge in [0.05, 0.1) is 12.7 Å². The Bertz CT molecular complexity index is 1240. The van der Waals surface area contributed by atoms with E-state index in [1.165, 1.54) is 22.3 Å². The monoisotopic (exact) mass is 528 g/mol.